The molecular formula is C17H22N4O3. The first kappa shape index (κ1) is 16.3. The predicted octanol–water partition coefficient (Wildman–Crippen LogP) is -0.0260. The van der Waals surface area contributed by atoms with Gasteiger partial charge in [-0.3, -0.25) is 9.59 Å². The number of amides is 4. The van der Waals surface area contributed by atoms with Gasteiger partial charge < -0.3 is 20.9 Å². The molecule has 1 unspecified atom stereocenters. The van der Waals surface area contributed by atoms with E-state index in [0.29, 0.717) is 26.2 Å². The zero-order valence-electron chi connectivity index (χ0n) is 13.5. The summed E-state index contributed by atoms with van der Waals surface area (Å²) in [5.41, 5.74) is 2.59. The lowest BCUT2D eigenvalue weighted by Crippen LogP contribution is -2.44. The number of benzene rings is 1. The lowest BCUT2D eigenvalue weighted by atomic mass is 10.0. The summed E-state index contributed by atoms with van der Waals surface area (Å²) in [6, 6.07) is 8.08. The number of fused-ring (bicyclic) bond motifs is 1. The Labute approximate surface area is 140 Å². The van der Waals surface area contributed by atoms with Gasteiger partial charge in [-0.05, 0) is 24.0 Å². The summed E-state index contributed by atoms with van der Waals surface area (Å²) in [5.74, 6) is -1.00. The smallest absolute Gasteiger partial charge is 0.317 e. The van der Waals surface area contributed by atoms with Crippen LogP contribution < -0.4 is 16.0 Å². The number of urea groups is 1. The molecule has 2 aliphatic rings. The maximum atomic E-state index is 11.9. The summed E-state index contributed by atoms with van der Waals surface area (Å²) in [6.45, 7) is 2.39. The third-order valence-electron chi connectivity index (χ3n) is 4.58. The largest absolute Gasteiger partial charge is 0.347 e. The summed E-state index contributed by atoms with van der Waals surface area (Å²) in [7, 11) is 0. The highest BCUT2D eigenvalue weighted by Gasteiger charge is 2.24. The van der Waals surface area contributed by atoms with Gasteiger partial charge in [-0.1, -0.05) is 24.3 Å². The van der Waals surface area contributed by atoms with Crippen LogP contribution in [0.4, 0.5) is 4.79 Å². The van der Waals surface area contributed by atoms with Crippen molar-refractivity contribution in [2.24, 2.45) is 0 Å². The van der Waals surface area contributed by atoms with E-state index in [0.717, 1.165) is 12.8 Å². The second-order valence-corrected chi connectivity index (χ2v) is 6.12. The Balaban J connectivity index is 1.39. The number of nitrogens with one attached hydrogen (secondary N) is 3. The average Bonchev–Trinajstić information content (AvgIpc) is 3.19. The minimum absolute atomic E-state index is 0.131. The van der Waals surface area contributed by atoms with Gasteiger partial charge >= 0.3 is 17.8 Å². The molecule has 1 fully saturated rings. The molecule has 0 aromatic heterocycles. The fourth-order valence-electron chi connectivity index (χ4n) is 3.26. The summed E-state index contributed by atoms with van der Waals surface area (Å²) >= 11 is 0. The summed E-state index contributed by atoms with van der Waals surface area (Å²) in [5, 5.41) is 7.95. The van der Waals surface area contributed by atoms with E-state index in [1.807, 2.05) is 12.1 Å². The Kier molecular flexibility index (Phi) is 4.98. The van der Waals surface area contributed by atoms with E-state index in [9.17, 15) is 14.4 Å². The first-order valence-corrected chi connectivity index (χ1v) is 8.32. The summed E-state index contributed by atoms with van der Waals surface area (Å²) in [4.78, 5) is 36.7. The van der Waals surface area contributed by atoms with Gasteiger partial charge in [0.05, 0.1) is 0 Å². The first-order valence-electron chi connectivity index (χ1n) is 8.32. The molecule has 128 valence electrons. The van der Waals surface area contributed by atoms with E-state index < -0.39 is 11.8 Å². The Morgan fingerprint density at radius 1 is 1.21 bits per heavy atom. The van der Waals surface area contributed by atoms with Crippen LogP contribution in [0.2, 0.25) is 0 Å². The maximum absolute atomic E-state index is 11.9. The van der Waals surface area contributed by atoms with Crippen molar-refractivity contribution < 1.29 is 14.4 Å². The van der Waals surface area contributed by atoms with Crippen LogP contribution in [-0.2, 0) is 16.0 Å². The molecule has 24 heavy (non-hydrogen) atoms. The number of carbonyl (C=O) groups excluding carboxylic acids is 3. The second-order valence-electron chi connectivity index (χ2n) is 6.12. The normalized spacial score (nSPS) is 18.9. The van der Waals surface area contributed by atoms with Crippen molar-refractivity contribution in [3.05, 3.63) is 35.4 Å². The van der Waals surface area contributed by atoms with Gasteiger partial charge in [0.2, 0.25) is 0 Å². The maximum Gasteiger partial charge on any atom is 0.317 e. The molecule has 3 rings (SSSR count). The molecule has 0 bridgehead atoms. The van der Waals surface area contributed by atoms with Gasteiger partial charge in [-0.15, -0.1) is 0 Å². The van der Waals surface area contributed by atoms with Gasteiger partial charge in [0.1, 0.15) is 0 Å². The zero-order chi connectivity index (χ0) is 16.9. The van der Waals surface area contributed by atoms with E-state index in [4.69, 9.17) is 0 Å². The molecule has 1 aliphatic carbocycles. The average molecular weight is 330 g/mol. The molecule has 1 aliphatic heterocycles. The summed E-state index contributed by atoms with van der Waals surface area (Å²) in [6.07, 6.45) is 2.01. The highest BCUT2D eigenvalue weighted by molar-refractivity contribution is 6.35. The molecule has 0 spiro atoms. The molecule has 1 heterocycles. The Morgan fingerprint density at radius 2 is 2.00 bits per heavy atom. The van der Waals surface area contributed by atoms with Crippen molar-refractivity contribution >= 4 is 17.8 Å². The predicted molar refractivity (Wildman–Crippen MR) is 88.5 cm³/mol. The SMILES string of the molecule is O=C(NCCN1CCNC1=O)C(=O)NCC1CCc2ccccc21. The highest BCUT2D eigenvalue weighted by atomic mass is 16.2. The van der Waals surface area contributed by atoms with Crippen LogP contribution in [0.5, 0.6) is 0 Å². The third kappa shape index (κ3) is 3.67. The first-order chi connectivity index (χ1) is 11.6. The van der Waals surface area contributed by atoms with Crippen LogP contribution in [0.25, 0.3) is 0 Å². The van der Waals surface area contributed by atoms with Gasteiger partial charge in [-0.25, -0.2) is 4.79 Å². The van der Waals surface area contributed by atoms with Crippen LogP contribution in [-0.4, -0.2) is 55.5 Å². The fraction of sp³-hybridized carbons (Fsp3) is 0.471. The minimum atomic E-state index is -0.652. The number of rotatable bonds is 5. The molecule has 7 nitrogen and oxygen atoms in total. The number of hydrogen-bond donors (Lipinski definition) is 3. The van der Waals surface area contributed by atoms with Crippen molar-refractivity contribution in [1.29, 1.82) is 0 Å². The lowest BCUT2D eigenvalue weighted by molar-refractivity contribution is -0.139. The molecule has 1 aromatic rings. The topological polar surface area (TPSA) is 90.5 Å². The molecule has 3 N–H and O–H groups in total. The van der Waals surface area contributed by atoms with Crippen molar-refractivity contribution in [2.45, 2.75) is 18.8 Å². The molecular weight excluding hydrogens is 308 g/mol. The van der Waals surface area contributed by atoms with E-state index in [1.54, 1.807) is 4.90 Å². The van der Waals surface area contributed by atoms with Crippen molar-refractivity contribution in [3.8, 4) is 0 Å². The van der Waals surface area contributed by atoms with Crippen molar-refractivity contribution in [2.75, 3.05) is 32.7 Å². The van der Waals surface area contributed by atoms with Crippen LogP contribution >= 0.6 is 0 Å². The van der Waals surface area contributed by atoms with Gasteiger partial charge in [0.15, 0.2) is 0 Å². The van der Waals surface area contributed by atoms with E-state index in [-0.39, 0.29) is 18.5 Å². The fourth-order valence-corrected chi connectivity index (χ4v) is 3.26. The Hall–Kier alpha value is -2.57. The molecule has 4 amide bonds. The highest BCUT2D eigenvalue weighted by Crippen LogP contribution is 2.31. The molecule has 0 radical (unpaired) electrons. The molecule has 1 aromatic carbocycles. The lowest BCUT2D eigenvalue weighted by Gasteiger charge is -2.15. The number of aryl methyl sites for hydroxylation is 1. The van der Waals surface area contributed by atoms with E-state index in [1.165, 1.54) is 11.1 Å². The third-order valence-corrected chi connectivity index (χ3v) is 4.58. The Bertz CT molecular complexity index is 646. The molecule has 1 atom stereocenters. The van der Waals surface area contributed by atoms with Crippen LogP contribution in [0.15, 0.2) is 24.3 Å². The minimum Gasteiger partial charge on any atom is -0.347 e. The van der Waals surface area contributed by atoms with Gasteiger partial charge in [0, 0.05) is 38.6 Å². The van der Waals surface area contributed by atoms with Crippen molar-refractivity contribution in [1.82, 2.24) is 20.9 Å². The van der Waals surface area contributed by atoms with Crippen LogP contribution in [0, 0.1) is 0 Å². The van der Waals surface area contributed by atoms with E-state index in [2.05, 4.69) is 28.1 Å². The van der Waals surface area contributed by atoms with Gasteiger partial charge in [0.25, 0.3) is 0 Å². The van der Waals surface area contributed by atoms with Crippen LogP contribution in [0.3, 0.4) is 0 Å². The molecule has 7 heteroatoms. The monoisotopic (exact) mass is 330 g/mol. The molecule has 1 saturated heterocycles. The number of nitrogens with zero attached hydrogens (tertiary/aromatic N) is 1. The summed E-state index contributed by atoms with van der Waals surface area (Å²) < 4.78 is 0. The zero-order valence-corrected chi connectivity index (χ0v) is 13.5. The number of carbonyl (C=O) groups is 3. The van der Waals surface area contributed by atoms with Crippen molar-refractivity contribution in [3.63, 3.8) is 0 Å². The number of hydrogen-bond acceptors (Lipinski definition) is 3. The van der Waals surface area contributed by atoms with E-state index >= 15 is 0 Å². The van der Waals surface area contributed by atoms with Gasteiger partial charge in [-0.2, -0.15) is 0 Å². The quantitative estimate of drug-likeness (QED) is 0.663. The second kappa shape index (κ2) is 7.33. The Morgan fingerprint density at radius 3 is 2.79 bits per heavy atom. The van der Waals surface area contributed by atoms with Crippen LogP contribution in [0.1, 0.15) is 23.5 Å². The molecule has 0 saturated carbocycles. The standard InChI is InChI=1S/C17H22N4O3/c22-15(18-7-9-21-10-8-19-17(21)24)16(23)20-11-13-6-5-12-3-1-2-4-14(12)13/h1-4,13H,5-11H2,(H,18,22)(H,19,24)(H,20,23).